The van der Waals surface area contributed by atoms with Crippen LogP contribution in [0.4, 0.5) is 0 Å². The summed E-state index contributed by atoms with van der Waals surface area (Å²) in [6.45, 7) is 0.673. The predicted molar refractivity (Wildman–Crippen MR) is 106 cm³/mol. The Morgan fingerprint density at radius 2 is 1.96 bits per heavy atom. The number of para-hydroxylation sites is 1. The van der Waals surface area contributed by atoms with Crippen LogP contribution in [0.5, 0.6) is 5.75 Å². The van der Waals surface area contributed by atoms with Gasteiger partial charge in [-0.3, -0.25) is 10.2 Å². The van der Waals surface area contributed by atoms with Crippen molar-refractivity contribution in [2.24, 2.45) is 5.92 Å². The Morgan fingerprint density at radius 1 is 1.18 bits per heavy atom. The van der Waals surface area contributed by atoms with Crippen molar-refractivity contribution in [3.05, 3.63) is 88.3 Å². The summed E-state index contributed by atoms with van der Waals surface area (Å²) in [5.41, 5.74) is 7.32. The van der Waals surface area contributed by atoms with Crippen molar-refractivity contribution in [2.75, 3.05) is 13.7 Å². The zero-order valence-corrected chi connectivity index (χ0v) is 15.3. The van der Waals surface area contributed by atoms with E-state index < -0.39 is 5.63 Å². The smallest absolute Gasteiger partial charge is 0.347 e. The van der Waals surface area contributed by atoms with E-state index in [9.17, 15) is 9.59 Å². The molecule has 0 radical (unpaired) electrons. The first kappa shape index (κ1) is 18.2. The van der Waals surface area contributed by atoms with Crippen LogP contribution < -0.4 is 21.2 Å². The fourth-order valence-electron chi connectivity index (χ4n) is 3.37. The normalized spacial score (nSPS) is 19.3. The third-order valence-corrected chi connectivity index (χ3v) is 4.90. The van der Waals surface area contributed by atoms with E-state index in [1.807, 2.05) is 42.5 Å². The second-order valence-corrected chi connectivity index (χ2v) is 6.65. The molecule has 6 heteroatoms. The fourth-order valence-corrected chi connectivity index (χ4v) is 3.37. The second-order valence-electron chi connectivity index (χ2n) is 6.65. The number of fused-ring (bicyclic) bond motifs is 1. The van der Waals surface area contributed by atoms with Gasteiger partial charge in [-0.05, 0) is 35.9 Å². The lowest BCUT2D eigenvalue weighted by molar-refractivity contribution is 0.104. The van der Waals surface area contributed by atoms with E-state index in [4.69, 9.17) is 9.15 Å². The highest BCUT2D eigenvalue weighted by atomic mass is 16.5. The zero-order chi connectivity index (χ0) is 19.5. The summed E-state index contributed by atoms with van der Waals surface area (Å²) in [6.07, 6.45) is 3.29. The lowest BCUT2D eigenvalue weighted by Gasteiger charge is -2.16. The number of ketones is 1. The number of hydrogen-bond acceptors (Lipinski definition) is 6. The number of hydrazine groups is 1. The second kappa shape index (κ2) is 7.80. The van der Waals surface area contributed by atoms with Gasteiger partial charge in [-0.2, -0.15) is 0 Å². The van der Waals surface area contributed by atoms with Crippen molar-refractivity contribution in [3.8, 4) is 5.75 Å². The molecule has 0 bridgehead atoms. The SMILES string of the molecule is COc1ccc(C2NNCC2/C=C/C(=O)c2cc3ccccc3oc2=O)cc1. The van der Waals surface area contributed by atoms with Crippen LogP contribution in [0.2, 0.25) is 0 Å². The van der Waals surface area contributed by atoms with Gasteiger partial charge in [0.25, 0.3) is 0 Å². The molecule has 0 spiro atoms. The van der Waals surface area contributed by atoms with Gasteiger partial charge in [-0.15, -0.1) is 0 Å². The summed E-state index contributed by atoms with van der Waals surface area (Å²) in [7, 11) is 1.63. The van der Waals surface area contributed by atoms with Crippen LogP contribution in [0.15, 0.2) is 76.0 Å². The standard InChI is InChI=1S/C22H20N2O4/c1-27-17-9-6-14(7-10-17)21-16(13-23-24-21)8-11-19(25)18-12-15-4-2-3-5-20(15)28-22(18)26/h2-12,16,21,23-24H,13H2,1H3/b11-8+. The van der Waals surface area contributed by atoms with Crippen LogP contribution in [0.1, 0.15) is 22.0 Å². The highest BCUT2D eigenvalue weighted by Crippen LogP contribution is 2.27. The molecule has 1 aromatic heterocycles. The Hall–Kier alpha value is -3.22. The zero-order valence-electron chi connectivity index (χ0n) is 15.3. The molecule has 2 aromatic carbocycles. The molecule has 1 aliphatic rings. The molecular weight excluding hydrogens is 356 g/mol. The molecule has 28 heavy (non-hydrogen) atoms. The number of ether oxygens (including phenoxy) is 1. The molecule has 6 nitrogen and oxygen atoms in total. The van der Waals surface area contributed by atoms with Crippen molar-refractivity contribution in [1.82, 2.24) is 10.9 Å². The van der Waals surface area contributed by atoms with Gasteiger partial charge in [0, 0.05) is 17.8 Å². The number of nitrogens with one attached hydrogen (secondary N) is 2. The number of carbonyl (C=O) groups excluding carboxylic acids is 1. The van der Waals surface area contributed by atoms with Crippen LogP contribution in [0.3, 0.4) is 0 Å². The summed E-state index contributed by atoms with van der Waals surface area (Å²) in [4.78, 5) is 24.7. The van der Waals surface area contributed by atoms with Crippen LogP contribution in [-0.4, -0.2) is 19.4 Å². The lowest BCUT2D eigenvalue weighted by Crippen LogP contribution is -2.24. The molecule has 2 unspecified atom stereocenters. The maximum Gasteiger partial charge on any atom is 0.347 e. The number of rotatable bonds is 5. The molecule has 142 valence electrons. The molecule has 2 N–H and O–H groups in total. The highest BCUT2D eigenvalue weighted by molar-refractivity contribution is 6.05. The van der Waals surface area contributed by atoms with Gasteiger partial charge in [0.15, 0.2) is 5.78 Å². The Balaban J connectivity index is 1.55. The molecule has 1 saturated heterocycles. The fraction of sp³-hybridized carbons (Fsp3) is 0.182. The minimum atomic E-state index is -0.622. The Labute approximate surface area is 161 Å². The number of allylic oxidation sites excluding steroid dienone is 1. The number of carbonyl (C=O) groups is 1. The van der Waals surface area contributed by atoms with Gasteiger partial charge >= 0.3 is 5.63 Å². The van der Waals surface area contributed by atoms with Gasteiger partial charge in [-0.1, -0.05) is 36.4 Å². The first-order valence-corrected chi connectivity index (χ1v) is 9.03. The molecule has 2 atom stereocenters. The first-order chi connectivity index (χ1) is 13.7. The van der Waals surface area contributed by atoms with Gasteiger partial charge in [-0.25, -0.2) is 10.2 Å². The monoisotopic (exact) mass is 376 g/mol. The number of benzene rings is 2. The van der Waals surface area contributed by atoms with Crippen molar-refractivity contribution in [1.29, 1.82) is 0 Å². The van der Waals surface area contributed by atoms with Crippen LogP contribution in [0.25, 0.3) is 11.0 Å². The molecule has 4 rings (SSSR count). The van der Waals surface area contributed by atoms with E-state index in [1.165, 1.54) is 6.08 Å². The van der Waals surface area contributed by atoms with Gasteiger partial charge in [0.1, 0.15) is 16.9 Å². The highest BCUT2D eigenvalue weighted by Gasteiger charge is 2.26. The molecule has 0 amide bonds. The van der Waals surface area contributed by atoms with Gasteiger partial charge in [0.2, 0.25) is 0 Å². The van der Waals surface area contributed by atoms with E-state index in [0.717, 1.165) is 16.7 Å². The summed E-state index contributed by atoms with van der Waals surface area (Å²) >= 11 is 0. The molecule has 1 aliphatic heterocycles. The number of hydrogen-bond donors (Lipinski definition) is 2. The van der Waals surface area contributed by atoms with Crippen molar-refractivity contribution in [2.45, 2.75) is 6.04 Å². The maximum atomic E-state index is 12.6. The third kappa shape index (κ3) is 3.60. The Bertz CT molecular complexity index is 1090. The van der Waals surface area contributed by atoms with E-state index in [1.54, 1.807) is 25.3 Å². The topological polar surface area (TPSA) is 80.6 Å². The maximum absolute atomic E-state index is 12.6. The van der Waals surface area contributed by atoms with Crippen molar-refractivity contribution < 1.29 is 13.9 Å². The Morgan fingerprint density at radius 3 is 2.75 bits per heavy atom. The molecule has 3 aromatic rings. The average Bonchev–Trinajstić information content (AvgIpc) is 3.20. The summed E-state index contributed by atoms with van der Waals surface area (Å²) < 4.78 is 10.4. The number of methoxy groups -OCH3 is 1. The summed E-state index contributed by atoms with van der Waals surface area (Å²) in [5, 5.41) is 0.721. The third-order valence-electron chi connectivity index (χ3n) is 4.90. The molecule has 1 fully saturated rings. The first-order valence-electron chi connectivity index (χ1n) is 9.03. The van der Waals surface area contributed by atoms with Crippen LogP contribution in [0, 0.1) is 5.92 Å². The van der Waals surface area contributed by atoms with Crippen molar-refractivity contribution >= 4 is 16.8 Å². The van der Waals surface area contributed by atoms with Gasteiger partial charge < -0.3 is 9.15 Å². The van der Waals surface area contributed by atoms with Gasteiger partial charge in [0.05, 0.1) is 13.2 Å². The molecular formula is C22H20N2O4. The quantitative estimate of drug-likeness (QED) is 0.405. The summed E-state index contributed by atoms with van der Waals surface area (Å²) in [5.74, 6) is 0.490. The van der Waals surface area contributed by atoms with E-state index in [0.29, 0.717) is 12.1 Å². The molecule has 2 heterocycles. The molecule has 0 aliphatic carbocycles. The molecule has 0 saturated carbocycles. The van der Waals surface area contributed by atoms with Crippen LogP contribution in [-0.2, 0) is 0 Å². The Kier molecular flexibility index (Phi) is 5.06. The lowest BCUT2D eigenvalue weighted by atomic mass is 9.94. The van der Waals surface area contributed by atoms with E-state index in [2.05, 4.69) is 10.9 Å². The van der Waals surface area contributed by atoms with Crippen LogP contribution >= 0.6 is 0 Å². The minimum Gasteiger partial charge on any atom is -0.497 e. The summed E-state index contributed by atoms with van der Waals surface area (Å²) in [6, 6.07) is 16.5. The van der Waals surface area contributed by atoms with E-state index in [-0.39, 0.29) is 23.3 Å². The minimum absolute atomic E-state index is 0.0166. The average molecular weight is 376 g/mol. The predicted octanol–water partition coefficient (Wildman–Crippen LogP) is 3.01. The largest absolute Gasteiger partial charge is 0.497 e. The van der Waals surface area contributed by atoms with E-state index >= 15 is 0 Å². The van der Waals surface area contributed by atoms with Crippen molar-refractivity contribution in [3.63, 3.8) is 0 Å².